The predicted molar refractivity (Wildman–Crippen MR) is 125 cm³/mol. The summed E-state index contributed by atoms with van der Waals surface area (Å²) >= 11 is 1.25. The van der Waals surface area contributed by atoms with Crippen LogP contribution in [0.3, 0.4) is 0 Å². The van der Waals surface area contributed by atoms with E-state index < -0.39 is 5.97 Å². The SMILES string of the molecule is CCCOC(=O)c1cccc(NC(=O)CSc2nnc(COc3ccccc3OC)n2C)c1. The van der Waals surface area contributed by atoms with E-state index in [1.165, 1.54) is 11.8 Å². The standard InChI is InChI=1S/C23H26N4O5S/c1-4-12-31-22(29)16-8-7-9-17(13-16)24-21(28)15-33-23-26-25-20(27(23)2)14-32-19-11-6-5-10-18(19)30-3/h5-11,13H,4,12,14-15H2,1-3H3,(H,24,28). The molecule has 1 N–H and O–H groups in total. The zero-order valence-corrected chi connectivity index (χ0v) is 19.6. The number of amides is 1. The first-order valence-electron chi connectivity index (χ1n) is 10.4. The van der Waals surface area contributed by atoms with Gasteiger partial charge < -0.3 is 24.1 Å². The minimum atomic E-state index is -0.413. The van der Waals surface area contributed by atoms with E-state index in [9.17, 15) is 9.59 Å². The van der Waals surface area contributed by atoms with Crippen LogP contribution in [0.5, 0.6) is 11.5 Å². The van der Waals surface area contributed by atoms with Gasteiger partial charge in [0, 0.05) is 12.7 Å². The molecule has 0 aliphatic rings. The van der Waals surface area contributed by atoms with E-state index in [0.717, 1.165) is 6.42 Å². The Morgan fingerprint density at radius 2 is 1.88 bits per heavy atom. The fourth-order valence-electron chi connectivity index (χ4n) is 2.81. The van der Waals surface area contributed by atoms with Crippen LogP contribution in [-0.4, -0.2) is 46.1 Å². The highest BCUT2D eigenvalue weighted by Crippen LogP contribution is 2.27. The molecule has 1 heterocycles. The fourth-order valence-corrected chi connectivity index (χ4v) is 3.54. The van der Waals surface area contributed by atoms with Crippen molar-refractivity contribution in [1.29, 1.82) is 0 Å². The van der Waals surface area contributed by atoms with E-state index in [-0.39, 0.29) is 18.3 Å². The van der Waals surface area contributed by atoms with Gasteiger partial charge in [-0.15, -0.1) is 10.2 Å². The number of carbonyl (C=O) groups is 2. The maximum atomic E-state index is 12.4. The maximum Gasteiger partial charge on any atom is 0.338 e. The fraction of sp³-hybridized carbons (Fsp3) is 0.304. The number of rotatable bonds is 11. The minimum absolute atomic E-state index is 0.129. The molecule has 1 aromatic heterocycles. The molecule has 3 rings (SSSR count). The molecule has 0 atom stereocenters. The number of ether oxygens (including phenoxy) is 3. The average Bonchev–Trinajstić information content (AvgIpc) is 3.19. The van der Waals surface area contributed by atoms with Gasteiger partial charge in [0.2, 0.25) is 5.91 Å². The Morgan fingerprint density at radius 1 is 1.09 bits per heavy atom. The van der Waals surface area contributed by atoms with Crippen LogP contribution in [-0.2, 0) is 23.2 Å². The van der Waals surface area contributed by atoms with E-state index in [0.29, 0.717) is 40.3 Å². The number of carbonyl (C=O) groups excluding carboxylic acids is 2. The maximum absolute atomic E-state index is 12.4. The van der Waals surface area contributed by atoms with E-state index in [1.807, 2.05) is 38.2 Å². The highest BCUT2D eigenvalue weighted by atomic mass is 32.2. The Morgan fingerprint density at radius 3 is 2.64 bits per heavy atom. The molecule has 0 unspecified atom stereocenters. The Kier molecular flexibility index (Phi) is 8.71. The van der Waals surface area contributed by atoms with Crippen molar-refractivity contribution < 1.29 is 23.8 Å². The second kappa shape index (κ2) is 11.9. The quantitative estimate of drug-likeness (QED) is 0.334. The van der Waals surface area contributed by atoms with Crippen molar-refractivity contribution >= 4 is 29.3 Å². The summed E-state index contributed by atoms with van der Waals surface area (Å²) in [6.45, 7) is 2.49. The number of hydrogen-bond acceptors (Lipinski definition) is 8. The predicted octanol–water partition coefficient (Wildman–Crippen LogP) is 3.70. The number of thioether (sulfide) groups is 1. The zero-order valence-electron chi connectivity index (χ0n) is 18.7. The summed E-state index contributed by atoms with van der Waals surface area (Å²) in [6, 6.07) is 14.0. The Balaban J connectivity index is 1.53. The van der Waals surface area contributed by atoms with Crippen molar-refractivity contribution in [3.63, 3.8) is 0 Å². The monoisotopic (exact) mass is 470 g/mol. The number of nitrogens with one attached hydrogen (secondary N) is 1. The molecule has 0 fully saturated rings. The third-order valence-electron chi connectivity index (χ3n) is 4.50. The lowest BCUT2D eigenvalue weighted by Gasteiger charge is -2.10. The van der Waals surface area contributed by atoms with E-state index in [4.69, 9.17) is 14.2 Å². The zero-order chi connectivity index (χ0) is 23.6. The Labute approximate surface area is 196 Å². The Bertz CT molecular complexity index is 1100. The van der Waals surface area contributed by atoms with Gasteiger partial charge in [0.25, 0.3) is 0 Å². The van der Waals surface area contributed by atoms with Gasteiger partial charge in [-0.1, -0.05) is 36.9 Å². The van der Waals surface area contributed by atoms with Gasteiger partial charge >= 0.3 is 5.97 Å². The summed E-state index contributed by atoms with van der Waals surface area (Å²) in [4.78, 5) is 24.4. The number of anilines is 1. The molecule has 3 aromatic rings. The van der Waals surface area contributed by atoms with Gasteiger partial charge in [-0.25, -0.2) is 4.79 Å². The van der Waals surface area contributed by atoms with Crippen LogP contribution in [0.1, 0.15) is 29.5 Å². The molecule has 0 spiro atoms. The molecule has 10 heteroatoms. The van der Waals surface area contributed by atoms with Gasteiger partial charge in [0.15, 0.2) is 22.5 Å². The summed E-state index contributed by atoms with van der Waals surface area (Å²) < 4.78 is 18.0. The topological polar surface area (TPSA) is 105 Å². The van der Waals surface area contributed by atoms with Crippen LogP contribution < -0.4 is 14.8 Å². The largest absolute Gasteiger partial charge is 0.493 e. The number of esters is 1. The average molecular weight is 471 g/mol. The van der Waals surface area contributed by atoms with Crippen LogP contribution in [0.25, 0.3) is 0 Å². The highest BCUT2D eigenvalue weighted by molar-refractivity contribution is 7.99. The summed E-state index contributed by atoms with van der Waals surface area (Å²) in [5.41, 5.74) is 0.914. The van der Waals surface area contributed by atoms with E-state index in [1.54, 1.807) is 35.9 Å². The second-order valence-corrected chi connectivity index (χ2v) is 7.89. The Hall–Kier alpha value is -3.53. The first kappa shape index (κ1) is 24.1. The lowest BCUT2D eigenvalue weighted by atomic mass is 10.2. The van der Waals surface area contributed by atoms with Crippen molar-refractivity contribution in [2.45, 2.75) is 25.1 Å². The van der Waals surface area contributed by atoms with Crippen molar-refractivity contribution in [2.24, 2.45) is 7.05 Å². The number of nitrogens with zero attached hydrogens (tertiary/aromatic N) is 3. The molecule has 0 saturated carbocycles. The number of benzene rings is 2. The third-order valence-corrected chi connectivity index (χ3v) is 5.52. The third kappa shape index (κ3) is 6.72. The molecule has 0 aliphatic carbocycles. The lowest BCUT2D eigenvalue weighted by Crippen LogP contribution is -2.15. The van der Waals surface area contributed by atoms with Gasteiger partial charge in [0.1, 0.15) is 6.61 Å². The van der Waals surface area contributed by atoms with Crippen LogP contribution in [0.15, 0.2) is 53.7 Å². The van der Waals surface area contributed by atoms with Crippen LogP contribution in [0.4, 0.5) is 5.69 Å². The van der Waals surface area contributed by atoms with Crippen molar-refractivity contribution in [3.05, 3.63) is 59.9 Å². The molecule has 0 saturated heterocycles. The van der Waals surface area contributed by atoms with Gasteiger partial charge in [-0.05, 0) is 36.8 Å². The minimum Gasteiger partial charge on any atom is -0.493 e. The molecular weight excluding hydrogens is 444 g/mol. The molecule has 0 radical (unpaired) electrons. The van der Waals surface area contributed by atoms with Crippen LogP contribution >= 0.6 is 11.8 Å². The molecule has 0 bridgehead atoms. The van der Waals surface area contributed by atoms with Gasteiger partial charge in [-0.2, -0.15) is 0 Å². The summed E-state index contributed by atoms with van der Waals surface area (Å²) in [5.74, 6) is 1.34. The lowest BCUT2D eigenvalue weighted by molar-refractivity contribution is -0.113. The van der Waals surface area contributed by atoms with Crippen molar-refractivity contribution in [2.75, 3.05) is 24.8 Å². The first-order chi connectivity index (χ1) is 16.0. The summed E-state index contributed by atoms with van der Waals surface area (Å²) in [7, 11) is 3.39. The number of hydrogen-bond donors (Lipinski definition) is 1. The molecule has 2 aromatic carbocycles. The van der Waals surface area contributed by atoms with Gasteiger partial charge in [-0.3, -0.25) is 4.79 Å². The second-order valence-electron chi connectivity index (χ2n) is 6.95. The summed E-state index contributed by atoms with van der Waals surface area (Å²) in [5, 5.41) is 11.7. The molecule has 174 valence electrons. The molecule has 9 nitrogen and oxygen atoms in total. The van der Waals surface area contributed by atoms with Crippen molar-refractivity contribution in [3.8, 4) is 11.5 Å². The number of para-hydroxylation sites is 2. The van der Waals surface area contributed by atoms with E-state index in [2.05, 4.69) is 15.5 Å². The smallest absolute Gasteiger partial charge is 0.338 e. The molecule has 0 aliphatic heterocycles. The number of methoxy groups -OCH3 is 1. The van der Waals surface area contributed by atoms with E-state index >= 15 is 0 Å². The molecule has 1 amide bonds. The van der Waals surface area contributed by atoms with Crippen LogP contribution in [0, 0.1) is 0 Å². The first-order valence-corrected chi connectivity index (χ1v) is 11.3. The molecular formula is C23H26N4O5S. The van der Waals surface area contributed by atoms with Gasteiger partial charge in [0.05, 0.1) is 25.0 Å². The summed E-state index contributed by atoms with van der Waals surface area (Å²) in [6.07, 6.45) is 0.746. The highest BCUT2D eigenvalue weighted by Gasteiger charge is 2.14. The normalized spacial score (nSPS) is 10.5. The number of aromatic nitrogens is 3. The van der Waals surface area contributed by atoms with Crippen molar-refractivity contribution in [1.82, 2.24) is 14.8 Å². The van der Waals surface area contributed by atoms with Crippen LogP contribution in [0.2, 0.25) is 0 Å². The molecule has 33 heavy (non-hydrogen) atoms.